The molecule has 4 heteroatoms. The van der Waals surface area contributed by atoms with Gasteiger partial charge >= 0.3 is 5.97 Å². The second kappa shape index (κ2) is 5.10. The van der Waals surface area contributed by atoms with Gasteiger partial charge in [0.25, 0.3) is 0 Å². The predicted molar refractivity (Wildman–Crippen MR) is 72.2 cm³/mol. The largest absolute Gasteiger partial charge is 0.478 e. The van der Waals surface area contributed by atoms with Crippen molar-refractivity contribution in [1.29, 1.82) is 0 Å². The minimum absolute atomic E-state index is 0.103. The molecule has 0 unspecified atom stereocenters. The number of benzene rings is 1. The lowest BCUT2D eigenvalue weighted by Gasteiger charge is -2.42. The minimum Gasteiger partial charge on any atom is -0.478 e. The number of hydrogen-bond acceptors (Lipinski definition) is 2. The standard InChI is InChI=1S/C13H20O3S/c1-9(2)17(16,10(3)4)12-7-5-6-11(8-12)13(14)15/h5-10,16H,1-4H3,(H,14,15). The van der Waals surface area contributed by atoms with Gasteiger partial charge in [-0.3, -0.25) is 0 Å². The highest BCUT2D eigenvalue weighted by Gasteiger charge is 2.31. The van der Waals surface area contributed by atoms with Crippen molar-refractivity contribution < 1.29 is 14.5 Å². The summed E-state index contributed by atoms with van der Waals surface area (Å²) in [5, 5.41) is 9.19. The van der Waals surface area contributed by atoms with E-state index >= 15 is 0 Å². The summed E-state index contributed by atoms with van der Waals surface area (Å²) >= 11 is 0. The zero-order valence-electron chi connectivity index (χ0n) is 10.7. The molecule has 1 rings (SSSR count). The molecule has 0 atom stereocenters. The van der Waals surface area contributed by atoms with Gasteiger partial charge < -0.3 is 9.66 Å². The summed E-state index contributed by atoms with van der Waals surface area (Å²) in [6, 6.07) is 6.66. The molecular weight excluding hydrogens is 236 g/mol. The first-order valence-corrected chi connectivity index (χ1v) is 7.38. The molecular formula is C13H20O3S. The summed E-state index contributed by atoms with van der Waals surface area (Å²) in [7, 11) is -1.97. The van der Waals surface area contributed by atoms with Gasteiger partial charge in [0.2, 0.25) is 0 Å². The van der Waals surface area contributed by atoms with Crippen molar-refractivity contribution in [3.8, 4) is 0 Å². The van der Waals surface area contributed by atoms with Gasteiger partial charge in [-0.1, -0.05) is 33.8 Å². The second-order valence-electron chi connectivity index (χ2n) is 4.60. The molecule has 0 amide bonds. The van der Waals surface area contributed by atoms with Crippen LogP contribution < -0.4 is 0 Å². The fourth-order valence-corrected chi connectivity index (χ4v) is 4.71. The average Bonchev–Trinajstić information content (AvgIpc) is 2.27. The van der Waals surface area contributed by atoms with Gasteiger partial charge in [-0.05, 0) is 18.2 Å². The van der Waals surface area contributed by atoms with Gasteiger partial charge in [0.15, 0.2) is 0 Å². The lowest BCUT2D eigenvalue weighted by Crippen LogP contribution is -2.21. The molecule has 0 aliphatic rings. The minimum atomic E-state index is -1.97. The Labute approximate surface area is 104 Å². The maximum absolute atomic E-state index is 10.9. The molecule has 2 N–H and O–H groups in total. The van der Waals surface area contributed by atoms with Crippen LogP contribution in [-0.4, -0.2) is 26.1 Å². The highest BCUT2D eigenvalue weighted by atomic mass is 32.3. The summed E-state index contributed by atoms with van der Waals surface area (Å²) in [5.41, 5.74) is 0.231. The van der Waals surface area contributed by atoms with Crippen LogP contribution >= 0.6 is 10.3 Å². The smallest absolute Gasteiger partial charge is 0.335 e. The van der Waals surface area contributed by atoms with Crippen LogP contribution in [0.2, 0.25) is 0 Å². The molecule has 1 aromatic carbocycles. The van der Waals surface area contributed by atoms with Gasteiger partial charge in [-0.15, -0.1) is 10.3 Å². The second-order valence-corrected chi connectivity index (χ2v) is 8.31. The fraction of sp³-hybridized carbons (Fsp3) is 0.462. The summed E-state index contributed by atoms with van der Waals surface area (Å²) in [5.74, 6) is -0.957. The fourth-order valence-electron chi connectivity index (χ4n) is 1.92. The molecule has 0 spiro atoms. The highest BCUT2D eigenvalue weighted by molar-refractivity contribution is 8.30. The molecule has 0 aliphatic carbocycles. The van der Waals surface area contributed by atoms with Gasteiger partial charge in [0.1, 0.15) is 0 Å². The number of rotatable bonds is 4. The first-order valence-electron chi connectivity index (χ1n) is 5.67. The van der Waals surface area contributed by atoms with Crippen LogP contribution in [0, 0.1) is 0 Å². The van der Waals surface area contributed by atoms with Crippen molar-refractivity contribution in [1.82, 2.24) is 0 Å². The van der Waals surface area contributed by atoms with Crippen molar-refractivity contribution in [2.75, 3.05) is 0 Å². The SMILES string of the molecule is CC(C)S(O)(c1cccc(C(=O)O)c1)C(C)C. The van der Waals surface area contributed by atoms with Crippen molar-refractivity contribution in [2.24, 2.45) is 0 Å². The van der Waals surface area contributed by atoms with Gasteiger partial charge in [0.05, 0.1) is 5.56 Å². The quantitative estimate of drug-likeness (QED) is 0.860. The van der Waals surface area contributed by atoms with Crippen molar-refractivity contribution >= 4 is 16.3 Å². The molecule has 0 fully saturated rings. The van der Waals surface area contributed by atoms with E-state index in [1.54, 1.807) is 18.2 Å². The third kappa shape index (κ3) is 2.64. The lowest BCUT2D eigenvalue weighted by atomic mass is 10.2. The Morgan fingerprint density at radius 3 is 2.12 bits per heavy atom. The highest BCUT2D eigenvalue weighted by Crippen LogP contribution is 2.59. The summed E-state index contributed by atoms with van der Waals surface area (Å²) in [6.07, 6.45) is 0. The Hall–Kier alpha value is -1.00. The van der Waals surface area contributed by atoms with E-state index in [0.717, 1.165) is 4.90 Å². The first kappa shape index (κ1) is 14.1. The van der Waals surface area contributed by atoms with E-state index in [1.165, 1.54) is 0 Å². The number of carboxylic acid groups (broad SMARTS) is 1. The lowest BCUT2D eigenvalue weighted by molar-refractivity contribution is 0.0696. The van der Waals surface area contributed by atoms with Crippen LogP contribution in [0.4, 0.5) is 0 Å². The molecule has 0 radical (unpaired) electrons. The van der Waals surface area contributed by atoms with Crippen LogP contribution in [0.15, 0.2) is 29.2 Å². The van der Waals surface area contributed by atoms with E-state index in [-0.39, 0.29) is 16.1 Å². The van der Waals surface area contributed by atoms with E-state index in [0.29, 0.717) is 0 Å². The Balaban J connectivity index is 3.29. The van der Waals surface area contributed by atoms with Crippen LogP contribution in [0.3, 0.4) is 0 Å². The third-order valence-electron chi connectivity index (χ3n) is 2.90. The zero-order chi connectivity index (χ0) is 13.2. The maximum Gasteiger partial charge on any atom is 0.335 e. The zero-order valence-corrected chi connectivity index (χ0v) is 11.5. The Morgan fingerprint density at radius 1 is 1.18 bits per heavy atom. The Bertz CT molecular complexity index is 405. The number of carboxylic acids is 1. The van der Waals surface area contributed by atoms with E-state index in [2.05, 4.69) is 0 Å². The molecule has 0 saturated heterocycles. The third-order valence-corrected chi connectivity index (χ3v) is 6.78. The van der Waals surface area contributed by atoms with Crippen molar-refractivity contribution in [3.05, 3.63) is 29.8 Å². The van der Waals surface area contributed by atoms with Gasteiger partial charge in [0, 0.05) is 15.4 Å². The summed E-state index contributed by atoms with van der Waals surface area (Å²) in [4.78, 5) is 11.7. The molecule has 17 heavy (non-hydrogen) atoms. The number of carbonyl (C=O) groups is 1. The molecule has 0 saturated carbocycles. The molecule has 1 aromatic rings. The van der Waals surface area contributed by atoms with Gasteiger partial charge in [-0.2, -0.15) is 0 Å². The Morgan fingerprint density at radius 2 is 1.71 bits per heavy atom. The molecule has 0 aromatic heterocycles. The van der Waals surface area contributed by atoms with E-state index in [4.69, 9.17) is 5.11 Å². The normalized spacial score (nSPS) is 13.1. The topological polar surface area (TPSA) is 57.5 Å². The maximum atomic E-state index is 10.9. The van der Waals surface area contributed by atoms with E-state index < -0.39 is 16.3 Å². The first-order chi connectivity index (χ1) is 7.80. The average molecular weight is 256 g/mol. The molecule has 96 valence electrons. The van der Waals surface area contributed by atoms with Crippen LogP contribution in [0.25, 0.3) is 0 Å². The van der Waals surface area contributed by atoms with E-state index in [9.17, 15) is 9.35 Å². The van der Waals surface area contributed by atoms with Crippen LogP contribution in [0.1, 0.15) is 38.1 Å². The molecule has 0 bridgehead atoms. The van der Waals surface area contributed by atoms with E-state index in [1.807, 2.05) is 33.8 Å². The monoisotopic (exact) mass is 256 g/mol. The molecule has 3 nitrogen and oxygen atoms in total. The Kier molecular flexibility index (Phi) is 4.22. The number of aromatic carboxylic acids is 1. The molecule has 0 aliphatic heterocycles. The summed E-state index contributed by atoms with van der Waals surface area (Å²) in [6.45, 7) is 7.90. The van der Waals surface area contributed by atoms with Crippen molar-refractivity contribution in [3.63, 3.8) is 0 Å². The summed E-state index contributed by atoms with van der Waals surface area (Å²) < 4.78 is 10.8. The molecule has 0 heterocycles. The van der Waals surface area contributed by atoms with Crippen LogP contribution in [-0.2, 0) is 0 Å². The van der Waals surface area contributed by atoms with Gasteiger partial charge in [-0.25, -0.2) is 4.79 Å². The van der Waals surface area contributed by atoms with Crippen molar-refractivity contribution in [2.45, 2.75) is 43.1 Å². The number of hydrogen-bond donors (Lipinski definition) is 2. The van der Waals surface area contributed by atoms with Crippen LogP contribution in [0.5, 0.6) is 0 Å². The predicted octanol–water partition coefficient (Wildman–Crippen LogP) is 3.84.